The summed E-state index contributed by atoms with van der Waals surface area (Å²) >= 11 is 0. The van der Waals surface area contributed by atoms with Crippen LogP contribution in [0, 0.1) is 0 Å². The average Bonchev–Trinajstić information content (AvgIpc) is 3.11. The summed E-state index contributed by atoms with van der Waals surface area (Å²) in [6.07, 6.45) is 3.20. The van der Waals surface area contributed by atoms with E-state index in [-0.39, 0.29) is 17.9 Å². The van der Waals surface area contributed by atoms with Gasteiger partial charge in [-0.3, -0.25) is 9.59 Å². The molecule has 3 N–H and O–H groups in total. The maximum absolute atomic E-state index is 12.5. The fourth-order valence-corrected chi connectivity index (χ4v) is 2.76. The van der Waals surface area contributed by atoms with E-state index < -0.39 is 0 Å². The van der Waals surface area contributed by atoms with Crippen molar-refractivity contribution in [3.05, 3.63) is 47.8 Å². The first kappa shape index (κ1) is 18.5. The van der Waals surface area contributed by atoms with Crippen molar-refractivity contribution in [2.24, 2.45) is 0 Å². The smallest absolute Gasteiger partial charge is 0.255 e. The lowest BCUT2D eigenvalue weighted by molar-refractivity contribution is 0.0906. The van der Waals surface area contributed by atoms with Gasteiger partial charge in [-0.15, -0.1) is 0 Å². The second-order valence-corrected chi connectivity index (χ2v) is 6.14. The molecule has 0 bridgehead atoms. The molecule has 0 fully saturated rings. The predicted octanol–water partition coefficient (Wildman–Crippen LogP) is 1.75. The van der Waals surface area contributed by atoms with Gasteiger partial charge in [0.2, 0.25) is 0 Å². The number of carbonyl (C=O) groups is 2. The summed E-state index contributed by atoms with van der Waals surface area (Å²) in [4.78, 5) is 36.3. The predicted molar refractivity (Wildman–Crippen MR) is 102 cm³/mol. The van der Waals surface area contributed by atoms with Gasteiger partial charge < -0.3 is 20.4 Å². The van der Waals surface area contributed by atoms with Crippen LogP contribution in [0.3, 0.4) is 0 Å². The third kappa shape index (κ3) is 3.95. The summed E-state index contributed by atoms with van der Waals surface area (Å²) in [5.41, 5.74) is 3.24. The number of aromatic amines is 1. The molecule has 8 nitrogen and oxygen atoms in total. The maximum Gasteiger partial charge on any atom is 0.255 e. The fourth-order valence-electron chi connectivity index (χ4n) is 2.76. The minimum Gasteiger partial charge on any atom is -0.383 e. The number of hydrogen-bond acceptors (Lipinski definition) is 5. The Morgan fingerprint density at radius 1 is 1.30 bits per heavy atom. The molecule has 0 spiro atoms. The average molecular weight is 367 g/mol. The number of fused-ring (bicyclic) bond motifs is 1. The molecule has 0 aliphatic rings. The van der Waals surface area contributed by atoms with Crippen molar-refractivity contribution in [1.82, 2.24) is 25.6 Å². The summed E-state index contributed by atoms with van der Waals surface area (Å²) < 4.78 is 5.04. The van der Waals surface area contributed by atoms with Crippen LogP contribution in [0.5, 0.6) is 0 Å². The van der Waals surface area contributed by atoms with Gasteiger partial charge in [0, 0.05) is 37.5 Å². The van der Waals surface area contributed by atoms with E-state index >= 15 is 0 Å². The second kappa shape index (κ2) is 7.96. The summed E-state index contributed by atoms with van der Waals surface area (Å²) in [6.45, 7) is 2.27. The van der Waals surface area contributed by atoms with Crippen LogP contribution in [-0.2, 0) is 4.74 Å². The Labute approximate surface area is 156 Å². The molecule has 0 unspecified atom stereocenters. The van der Waals surface area contributed by atoms with Crippen LogP contribution in [0.25, 0.3) is 22.4 Å². The largest absolute Gasteiger partial charge is 0.383 e. The molecule has 0 saturated carbocycles. The SMILES string of the molecule is CNC(=O)c1cccc(-c2cnc3[nH]cc(C(=O)N[C@@H](C)COC)c3n2)c1. The van der Waals surface area contributed by atoms with E-state index in [1.807, 2.05) is 13.0 Å². The number of benzene rings is 1. The Kier molecular flexibility index (Phi) is 5.46. The van der Waals surface area contributed by atoms with Gasteiger partial charge in [0.1, 0.15) is 5.52 Å². The van der Waals surface area contributed by atoms with Gasteiger partial charge in [0.05, 0.1) is 24.1 Å². The number of aromatic nitrogens is 3. The number of hydrogen-bond donors (Lipinski definition) is 3. The maximum atomic E-state index is 12.5. The van der Waals surface area contributed by atoms with Gasteiger partial charge in [-0.1, -0.05) is 12.1 Å². The molecule has 3 aromatic rings. The lowest BCUT2D eigenvalue weighted by Gasteiger charge is -2.12. The van der Waals surface area contributed by atoms with Crippen molar-refractivity contribution < 1.29 is 14.3 Å². The number of nitrogens with zero attached hydrogens (tertiary/aromatic N) is 2. The fraction of sp³-hybridized carbons (Fsp3) is 0.263. The van der Waals surface area contributed by atoms with E-state index in [9.17, 15) is 9.59 Å². The minimum atomic E-state index is -0.253. The molecular weight excluding hydrogens is 346 g/mol. The molecule has 0 aliphatic carbocycles. The standard InChI is InChI=1S/C19H21N5O3/c1-11(10-27-3)23-19(26)14-8-21-17-16(14)24-15(9-22-17)12-5-4-6-13(7-12)18(25)20-2/h4-9,11H,10H2,1-3H3,(H,20,25)(H,21,22)(H,23,26)/t11-/m0/s1. The normalized spacial score (nSPS) is 12.0. The monoisotopic (exact) mass is 367 g/mol. The number of rotatable bonds is 6. The molecule has 3 rings (SSSR count). The topological polar surface area (TPSA) is 109 Å². The molecule has 0 radical (unpaired) electrons. The first-order chi connectivity index (χ1) is 13.0. The molecular formula is C19H21N5O3. The van der Waals surface area contributed by atoms with Gasteiger partial charge in [-0.25, -0.2) is 9.97 Å². The number of carbonyl (C=O) groups excluding carboxylic acids is 2. The number of amides is 2. The van der Waals surface area contributed by atoms with Crippen LogP contribution < -0.4 is 10.6 Å². The quantitative estimate of drug-likeness (QED) is 0.615. The van der Waals surface area contributed by atoms with Crippen LogP contribution in [-0.4, -0.2) is 53.6 Å². The summed E-state index contributed by atoms with van der Waals surface area (Å²) in [5.74, 6) is -0.434. The molecule has 27 heavy (non-hydrogen) atoms. The Morgan fingerprint density at radius 2 is 2.11 bits per heavy atom. The molecule has 140 valence electrons. The van der Waals surface area contributed by atoms with Crippen molar-refractivity contribution in [2.45, 2.75) is 13.0 Å². The van der Waals surface area contributed by atoms with E-state index in [0.717, 1.165) is 5.56 Å². The molecule has 0 saturated heterocycles. The third-order valence-corrected chi connectivity index (χ3v) is 4.07. The van der Waals surface area contributed by atoms with Gasteiger partial charge in [0.15, 0.2) is 5.65 Å². The van der Waals surface area contributed by atoms with Gasteiger partial charge in [-0.05, 0) is 19.1 Å². The van der Waals surface area contributed by atoms with E-state index in [1.54, 1.807) is 44.8 Å². The Balaban J connectivity index is 1.96. The Morgan fingerprint density at radius 3 is 2.85 bits per heavy atom. The van der Waals surface area contributed by atoms with Crippen LogP contribution >= 0.6 is 0 Å². The zero-order valence-electron chi connectivity index (χ0n) is 15.4. The van der Waals surface area contributed by atoms with E-state index in [1.165, 1.54) is 0 Å². The van der Waals surface area contributed by atoms with Crippen LogP contribution in [0.2, 0.25) is 0 Å². The Bertz CT molecular complexity index is 982. The van der Waals surface area contributed by atoms with Gasteiger partial charge in [-0.2, -0.15) is 0 Å². The summed E-state index contributed by atoms with van der Waals surface area (Å²) in [5, 5.41) is 5.46. The van der Waals surface area contributed by atoms with Crippen molar-refractivity contribution in [2.75, 3.05) is 20.8 Å². The van der Waals surface area contributed by atoms with Crippen molar-refractivity contribution >= 4 is 23.0 Å². The zero-order chi connectivity index (χ0) is 19.4. The zero-order valence-corrected chi connectivity index (χ0v) is 15.4. The highest BCUT2D eigenvalue weighted by molar-refractivity contribution is 6.05. The molecule has 2 amide bonds. The summed E-state index contributed by atoms with van der Waals surface area (Å²) in [7, 11) is 3.16. The highest BCUT2D eigenvalue weighted by atomic mass is 16.5. The Hall–Kier alpha value is -3.26. The highest BCUT2D eigenvalue weighted by Gasteiger charge is 2.17. The molecule has 2 heterocycles. The van der Waals surface area contributed by atoms with Crippen LogP contribution in [0.4, 0.5) is 0 Å². The lowest BCUT2D eigenvalue weighted by atomic mass is 10.1. The van der Waals surface area contributed by atoms with Gasteiger partial charge in [0.25, 0.3) is 11.8 Å². The van der Waals surface area contributed by atoms with Crippen LogP contribution in [0.15, 0.2) is 36.7 Å². The lowest BCUT2D eigenvalue weighted by Crippen LogP contribution is -2.35. The van der Waals surface area contributed by atoms with E-state index in [2.05, 4.69) is 25.6 Å². The van der Waals surface area contributed by atoms with Crippen molar-refractivity contribution in [1.29, 1.82) is 0 Å². The molecule has 1 atom stereocenters. The molecule has 1 aromatic carbocycles. The number of nitrogens with one attached hydrogen (secondary N) is 3. The summed E-state index contributed by atoms with van der Waals surface area (Å²) in [6, 6.07) is 6.95. The second-order valence-electron chi connectivity index (χ2n) is 6.14. The van der Waals surface area contributed by atoms with E-state index in [0.29, 0.717) is 34.6 Å². The minimum absolute atomic E-state index is 0.132. The number of methoxy groups -OCH3 is 1. The molecule has 2 aromatic heterocycles. The molecule has 8 heteroatoms. The van der Waals surface area contributed by atoms with Crippen LogP contribution in [0.1, 0.15) is 27.6 Å². The number of ether oxygens (including phenoxy) is 1. The molecule has 0 aliphatic heterocycles. The van der Waals surface area contributed by atoms with Gasteiger partial charge >= 0.3 is 0 Å². The van der Waals surface area contributed by atoms with Crippen molar-refractivity contribution in [3.63, 3.8) is 0 Å². The van der Waals surface area contributed by atoms with Crippen molar-refractivity contribution in [3.8, 4) is 11.3 Å². The third-order valence-electron chi connectivity index (χ3n) is 4.07. The van der Waals surface area contributed by atoms with E-state index in [4.69, 9.17) is 4.74 Å². The number of H-pyrrole nitrogens is 1. The highest BCUT2D eigenvalue weighted by Crippen LogP contribution is 2.22. The first-order valence-electron chi connectivity index (χ1n) is 8.50. The first-order valence-corrected chi connectivity index (χ1v) is 8.50.